The molecule has 9 heterocycles. The number of carbonyl (C=O) groups excluding carboxylic acids is 4. The molecule has 0 saturated carbocycles. The number of methoxy groups -OCH3 is 1. The lowest BCUT2D eigenvalue weighted by atomic mass is 10.1. The van der Waals surface area contributed by atoms with Gasteiger partial charge in [0.25, 0.3) is 17.7 Å². The van der Waals surface area contributed by atoms with E-state index in [0.717, 1.165) is 24.3 Å². The molecule has 3 amide bonds. The summed E-state index contributed by atoms with van der Waals surface area (Å²) >= 11 is 0. The van der Waals surface area contributed by atoms with Gasteiger partial charge in [0.05, 0.1) is 69.8 Å². The summed E-state index contributed by atoms with van der Waals surface area (Å²) < 4.78 is 127. The number of rotatable bonds is 17. The van der Waals surface area contributed by atoms with Gasteiger partial charge in [-0.25, -0.2) is 63.0 Å². The molecule has 0 unspecified atom stereocenters. The van der Waals surface area contributed by atoms with Crippen LogP contribution in [0.1, 0.15) is 156 Å². The van der Waals surface area contributed by atoms with E-state index < -0.39 is 105 Å². The Bertz CT molecular complexity index is 5250. The molecular formula is C66H77F2N21O14S3. The Balaban J connectivity index is 0.000000170. The lowest BCUT2D eigenvalue weighted by molar-refractivity contribution is -0.142. The van der Waals surface area contributed by atoms with Crippen molar-refractivity contribution in [3.8, 4) is 40.3 Å². The van der Waals surface area contributed by atoms with Crippen LogP contribution in [0.5, 0.6) is 5.75 Å². The van der Waals surface area contributed by atoms with Crippen molar-refractivity contribution in [3.05, 3.63) is 136 Å². The third-order valence-electron chi connectivity index (χ3n) is 16.8. The van der Waals surface area contributed by atoms with Gasteiger partial charge in [-0.1, -0.05) is 18.2 Å². The van der Waals surface area contributed by atoms with Crippen molar-refractivity contribution < 1.29 is 72.9 Å². The molecule has 3 atom stereocenters. The molecule has 106 heavy (non-hydrogen) atoms. The standard InChI is InChI=1S/C23H26FN7O5S.C22H27N7O5S.C21H24FN7O4S/c1-13(12-36-14(2)32)31-21(27-28-29-31)18-7-6-8-20(25-18)26-22(33)16-10-19-15(9-17(16)24)11-30(23(3,4)5)37(19,34)35;1-13(12-30)29-20(25-26-27-29)16-7-6-8-19(23-16)24-21(31)15-10-18-14(9-17(15)34-5)11-28(22(2,3)4)35(18,32)33;1-12(11-30)29-19(25-26-27-29)16-6-5-7-18(23-16)24-20(31)14-9-17-13(8-15(14)22)10-28(21(2,3)4)34(17,32)33/h6-10,13H,11-12H2,1-5H3,(H,25,26,33);6-10,13,30H,11-12H2,1-5H3,(H,23,24,31);5-9,12,30H,10-11H2,1-4H3,(H,23,24,31)/t2*13-;12-/m111/s1. The number of aromatic nitrogens is 15. The van der Waals surface area contributed by atoms with Gasteiger partial charge in [-0.3, -0.25) is 19.2 Å². The average Bonchev–Trinajstić information content (AvgIpc) is 1.60. The molecule has 0 spiro atoms. The fourth-order valence-corrected chi connectivity index (χ4v) is 17.3. The molecule has 35 nitrogen and oxygen atoms in total. The fraction of sp³-hybridized carbons (Fsp3) is 0.394. The number of hydrogen-bond donors (Lipinski definition) is 5. The lowest BCUT2D eigenvalue weighted by Gasteiger charge is -2.29. The van der Waals surface area contributed by atoms with E-state index in [1.807, 2.05) is 20.8 Å². The van der Waals surface area contributed by atoms with Gasteiger partial charge in [0, 0.05) is 43.2 Å². The van der Waals surface area contributed by atoms with Crippen molar-refractivity contribution in [2.45, 2.75) is 159 Å². The van der Waals surface area contributed by atoms with E-state index in [0.29, 0.717) is 39.6 Å². The van der Waals surface area contributed by atoms with Crippen molar-refractivity contribution in [2.75, 3.05) is 42.9 Å². The molecule has 40 heteroatoms. The topological polar surface area (TPSA) is 445 Å². The lowest BCUT2D eigenvalue weighted by Crippen LogP contribution is -2.41. The van der Waals surface area contributed by atoms with Gasteiger partial charge in [0.1, 0.15) is 58.5 Å². The monoisotopic (exact) mass is 1520 g/mol. The highest BCUT2D eigenvalue weighted by Gasteiger charge is 2.45. The van der Waals surface area contributed by atoms with Crippen LogP contribution in [-0.2, 0) is 59.2 Å². The minimum Gasteiger partial charge on any atom is -0.496 e. The van der Waals surface area contributed by atoms with Crippen LogP contribution in [0.3, 0.4) is 0 Å². The zero-order valence-corrected chi connectivity index (χ0v) is 62.4. The van der Waals surface area contributed by atoms with Crippen molar-refractivity contribution in [2.24, 2.45) is 0 Å². The van der Waals surface area contributed by atoms with E-state index >= 15 is 0 Å². The molecule has 3 aromatic carbocycles. The Labute approximate surface area is 607 Å². The first-order valence-electron chi connectivity index (χ1n) is 32.7. The number of hydrogen-bond acceptors (Lipinski definition) is 26. The highest BCUT2D eigenvalue weighted by molar-refractivity contribution is 7.90. The third kappa shape index (κ3) is 16.2. The summed E-state index contributed by atoms with van der Waals surface area (Å²) in [4.78, 5) is 63.1. The maximum atomic E-state index is 14.9. The van der Waals surface area contributed by atoms with Gasteiger partial charge in [0.2, 0.25) is 47.5 Å². The molecule has 0 aliphatic carbocycles. The van der Waals surface area contributed by atoms with Crippen molar-refractivity contribution in [3.63, 3.8) is 0 Å². The Morgan fingerprint density at radius 1 is 0.491 bits per heavy atom. The van der Waals surface area contributed by atoms with Gasteiger partial charge in [-0.2, -0.15) is 12.9 Å². The number of aliphatic hydroxyl groups is 2. The van der Waals surface area contributed by atoms with Gasteiger partial charge in [-0.05, 0) is 204 Å². The molecule has 3 aliphatic heterocycles. The van der Waals surface area contributed by atoms with Crippen molar-refractivity contribution >= 4 is 71.2 Å². The number of amides is 3. The first-order valence-corrected chi connectivity index (χ1v) is 37.0. The first kappa shape index (κ1) is 78.1. The second-order valence-corrected chi connectivity index (χ2v) is 33.2. The molecule has 0 radical (unpaired) electrons. The second kappa shape index (κ2) is 30.2. The van der Waals surface area contributed by atoms with Crippen LogP contribution in [0.2, 0.25) is 0 Å². The first-order chi connectivity index (χ1) is 49.7. The third-order valence-corrected chi connectivity index (χ3v) is 23.3. The number of sulfonamides is 3. The average molecular weight is 1520 g/mol. The SMILES string of the molecule is CC(=O)OC[C@@H](C)n1nnnc1-c1cccc(NC(=O)c2cc3c(cc2F)CN(C(C)(C)C)S3(=O)=O)n1.COc1cc2c(cc1C(=O)Nc1cccc(-c3nnnn3[C@H](C)CO)n1)S(=O)(=O)N(C(C)(C)C)C2.C[C@H](CO)n1nnnc1-c1cccc(NC(=O)c2cc3c(cc2F)CN(C(C)(C)C)S3(=O)=O)n1. The van der Waals surface area contributed by atoms with E-state index in [9.17, 15) is 63.4 Å². The van der Waals surface area contributed by atoms with Gasteiger partial charge in [-0.15, -0.1) is 15.3 Å². The Morgan fingerprint density at radius 2 is 0.802 bits per heavy atom. The van der Waals surface area contributed by atoms with Crippen LogP contribution < -0.4 is 20.7 Å². The molecule has 6 aromatic heterocycles. The quantitative estimate of drug-likeness (QED) is 0.0616. The molecule has 3 aliphatic rings. The van der Waals surface area contributed by atoms with E-state index in [4.69, 9.17) is 9.47 Å². The number of nitrogens with zero attached hydrogens (tertiary/aromatic N) is 18. The van der Waals surface area contributed by atoms with Crippen molar-refractivity contribution in [1.82, 2.24) is 88.5 Å². The van der Waals surface area contributed by atoms with E-state index in [1.54, 1.807) is 111 Å². The number of nitrogens with one attached hydrogen (secondary N) is 3. The molecule has 5 N–H and O–H groups in total. The maximum Gasteiger partial charge on any atom is 0.302 e. The van der Waals surface area contributed by atoms with Gasteiger partial charge >= 0.3 is 5.97 Å². The normalized spacial score (nSPS) is 16.0. The number of halogens is 2. The number of aliphatic hydroxyl groups excluding tert-OH is 2. The van der Waals surface area contributed by atoms with Crippen molar-refractivity contribution in [1.29, 1.82) is 0 Å². The number of ether oxygens (including phenoxy) is 2. The number of esters is 1. The van der Waals surface area contributed by atoms with Crippen LogP contribution in [0.4, 0.5) is 26.2 Å². The zero-order chi connectivity index (χ0) is 77.5. The number of pyridine rings is 3. The predicted octanol–water partition coefficient (Wildman–Crippen LogP) is 6.39. The van der Waals surface area contributed by atoms with E-state index in [2.05, 4.69) is 77.5 Å². The maximum absolute atomic E-state index is 14.9. The largest absolute Gasteiger partial charge is 0.496 e. The minimum atomic E-state index is -3.89. The number of fused-ring (bicyclic) bond motifs is 3. The molecule has 562 valence electrons. The summed E-state index contributed by atoms with van der Waals surface area (Å²) in [6, 6.07) is 20.4. The van der Waals surface area contributed by atoms with Crippen LogP contribution in [0, 0.1) is 11.6 Å². The molecule has 0 fully saturated rings. The summed E-state index contributed by atoms with van der Waals surface area (Å²) in [6.45, 7) is 22.4. The summed E-state index contributed by atoms with van der Waals surface area (Å²) in [5.41, 5.74) is -0.651. The summed E-state index contributed by atoms with van der Waals surface area (Å²) in [7, 11) is -10.1. The molecule has 12 rings (SSSR count). The molecule has 0 bridgehead atoms. The smallest absolute Gasteiger partial charge is 0.302 e. The van der Waals surface area contributed by atoms with E-state index in [1.165, 1.54) is 59.2 Å². The minimum absolute atomic E-state index is 0.0220. The molecule has 9 aromatic rings. The van der Waals surface area contributed by atoms with Crippen LogP contribution in [-0.4, -0.2) is 191 Å². The van der Waals surface area contributed by atoms with Gasteiger partial charge in [0.15, 0.2) is 0 Å². The predicted molar refractivity (Wildman–Crippen MR) is 375 cm³/mol. The van der Waals surface area contributed by atoms with Gasteiger partial charge < -0.3 is 35.6 Å². The number of carbonyl (C=O) groups is 4. The van der Waals surface area contributed by atoms with Crippen LogP contribution in [0.25, 0.3) is 34.6 Å². The van der Waals surface area contributed by atoms with E-state index in [-0.39, 0.29) is 101 Å². The summed E-state index contributed by atoms with van der Waals surface area (Å²) in [6.07, 6.45) is 0. The Hall–Kier alpha value is -10.5. The Kier molecular flexibility index (Phi) is 22.2. The molecular weight excluding hydrogens is 1450 g/mol. The zero-order valence-electron chi connectivity index (χ0n) is 60.0. The highest BCUT2D eigenvalue weighted by atomic mass is 32.2. The fourth-order valence-electron chi connectivity index (χ4n) is 11.3. The Morgan fingerprint density at radius 3 is 1.11 bits per heavy atom. The second-order valence-electron chi connectivity index (χ2n) is 27.7. The number of anilines is 3. The highest BCUT2D eigenvalue weighted by Crippen LogP contribution is 2.42. The summed E-state index contributed by atoms with van der Waals surface area (Å²) in [5, 5.41) is 60.9. The summed E-state index contributed by atoms with van der Waals surface area (Å²) in [5.74, 6) is -2.94. The van der Waals surface area contributed by atoms with Crippen LogP contribution in [0.15, 0.2) is 106 Å². The number of tetrazole rings is 3. The number of benzene rings is 3. The van der Waals surface area contributed by atoms with Crippen LogP contribution >= 0.6 is 0 Å². The molecule has 0 saturated heterocycles.